The van der Waals surface area contributed by atoms with Crippen LogP contribution in [0, 0.1) is 0 Å². The van der Waals surface area contributed by atoms with Crippen molar-refractivity contribution in [2.45, 2.75) is 19.8 Å². The number of carboxylic acids is 1. The molecule has 0 aromatic carbocycles. The van der Waals surface area contributed by atoms with Crippen molar-refractivity contribution in [1.82, 2.24) is 0 Å². The minimum absolute atomic E-state index is 0.131. The SMILES string of the molecule is CC[S+]([O-])CCCC(=O)O. The first-order valence-corrected chi connectivity index (χ1v) is 4.72. The van der Waals surface area contributed by atoms with Gasteiger partial charge in [0, 0.05) is 12.8 Å². The quantitative estimate of drug-likeness (QED) is 0.606. The number of hydrogen-bond acceptors (Lipinski definition) is 2. The Kier molecular flexibility index (Phi) is 5.43. The summed E-state index contributed by atoms with van der Waals surface area (Å²) in [6, 6.07) is 0. The molecule has 60 valence electrons. The summed E-state index contributed by atoms with van der Waals surface area (Å²) in [6.45, 7) is 1.83. The van der Waals surface area contributed by atoms with E-state index in [1.54, 1.807) is 0 Å². The number of aliphatic carboxylic acids is 1. The van der Waals surface area contributed by atoms with Gasteiger partial charge in [-0.2, -0.15) is 0 Å². The van der Waals surface area contributed by atoms with Gasteiger partial charge in [0.25, 0.3) is 0 Å². The highest BCUT2D eigenvalue weighted by molar-refractivity contribution is 7.91. The summed E-state index contributed by atoms with van der Waals surface area (Å²) in [5.41, 5.74) is 0. The summed E-state index contributed by atoms with van der Waals surface area (Å²) in [5, 5.41) is 8.20. The van der Waals surface area contributed by atoms with Gasteiger partial charge in [0.1, 0.15) is 11.5 Å². The van der Waals surface area contributed by atoms with Gasteiger partial charge >= 0.3 is 5.97 Å². The number of rotatable bonds is 5. The number of hydrogen-bond donors (Lipinski definition) is 1. The van der Waals surface area contributed by atoms with Crippen molar-refractivity contribution in [1.29, 1.82) is 0 Å². The second-order valence-electron chi connectivity index (χ2n) is 1.93. The number of carbonyl (C=O) groups is 1. The fourth-order valence-electron chi connectivity index (χ4n) is 0.529. The molecular weight excluding hydrogens is 152 g/mol. The third kappa shape index (κ3) is 5.91. The molecule has 1 unspecified atom stereocenters. The molecule has 3 nitrogen and oxygen atoms in total. The van der Waals surface area contributed by atoms with E-state index in [0.717, 1.165) is 0 Å². The smallest absolute Gasteiger partial charge is 0.303 e. The fraction of sp³-hybridized carbons (Fsp3) is 0.833. The molecule has 0 saturated carbocycles. The lowest BCUT2D eigenvalue weighted by Crippen LogP contribution is -2.10. The monoisotopic (exact) mass is 164 g/mol. The van der Waals surface area contributed by atoms with Gasteiger partial charge in [-0.15, -0.1) is 0 Å². The standard InChI is InChI=1S/C6H12O3S/c1-2-10(9)5-3-4-6(7)8/h2-5H2,1H3,(H,7,8). The molecule has 1 atom stereocenters. The molecule has 0 heterocycles. The Morgan fingerprint density at radius 1 is 1.70 bits per heavy atom. The van der Waals surface area contributed by atoms with Crippen molar-refractivity contribution in [3.63, 3.8) is 0 Å². The molecule has 0 amide bonds. The second kappa shape index (κ2) is 5.56. The van der Waals surface area contributed by atoms with Crippen LogP contribution >= 0.6 is 0 Å². The van der Waals surface area contributed by atoms with E-state index >= 15 is 0 Å². The first-order valence-electron chi connectivity index (χ1n) is 3.23. The highest BCUT2D eigenvalue weighted by Gasteiger charge is 2.03. The second-order valence-corrected chi connectivity index (χ2v) is 3.80. The van der Waals surface area contributed by atoms with E-state index in [0.29, 0.717) is 17.9 Å². The van der Waals surface area contributed by atoms with Gasteiger partial charge in [-0.1, -0.05) is 11.2 Å². The van der Waals surface area contributed by atoms with Gasteiger partial charge in [-0.3, -0.25) is 4.79 Å². The first kappa shape index (κ1) is 9.78. The van der Waals surface area contributed by atoms with Gasteiger partial charge in [-0.05, 0) is 6.92 Å². The summed E-state index contributed by atoms with van der Waals surface area (Å²) in [7, 11) is 0. The molecule has 4 heteroatoms. The van der Waals surface area contributed by atoms with Crippen LogP contribution in [0.1, 0.15) is 19.8 Å². The minimum Gasteiger partial charge on any atom is -0.616 e. The molecule has 1 N–H and O–H groups in total. The average Bonchev–Trinajstić information content (AvgIpc) is 1.87. The zero-order chi connectivity index (χ0) is 7.98. The summed E-state index contributed by atoms with van der Waals surface area (Å²) in [5.74, 6) is 0.329. The first-order chi connectivity index (χ1) is 4.66. The van der Waals surface area contributed by atoms with E-state index in [1.165, 1.54) is 0 Å². The zero-order valence-electron chi connectivity index (χ0n) is 6.00. The topological polar surface area (TPSA) is 60.4 Å². The van der Waals surface area contributed by atoms with Crippen LogP contribution in [0.3, 0.4) is 0 Å². The van der Waals surface area contributed by atoms with Crippen molar-refractivity contribution in [3.05, 3.63) is 0 Å². The van der Waals surface area contributed by atoms with Gasteiger partial charge < -0.3 is 9.66 Å². The molecule has 0 aliphatic carbocycles. The largest absolute Gasteiger partial charge is 0.616 e. The molecule has 0 saturated heterocycles. The maximum atomic E-state index is 10.7. The van der Waals surface area contributed by atoms with Crippen LogP contribution in [0.25, 0.3) is 0 Å². The molecule has 10 heavy (non-hydrogen) atoms. The highest BCUT2D eigenvalue weighted by Crippen LogP contribution is 1.96. The summed E-state index contributed by atoms with van der Waals surface area (Å²) in [4.78, 5) is 9.97. The van der Waals surface area contributed by atoms with Crippen LogP contribution < -0.4 is 0 Å². The van der Waals surface area contributed by atoms with Crippen LogP contribution in [0.4, 0.5) is 0 Å². The molecule has 0 spiro atoms. The van der Waals surface area contributed by atoms with Crippen LogP contribution in [-0.2, 0) is 16.0 Å². The lowest BCUT2D eigenvalue weighted by Gasteiger charge is -2.05. The van der Waals surface area contributed by atoms with Gasteiger partial charge in [-0.25, -0.2) is 0 Å². The summed E-state index contributed by atoms with van der Waals surface area (Å²) in [6.07, 6.45) is 0.654. The van der Waals surface area contributed by atoms with E-state index in [4.69, 9.17) is 5.11 Å². The Morgan fingerprint density at radius 2 is 2.30 bits per heavy atom. The molecule has 0 aliphatic heterocycles. The van der Waals surface area contributed by atoms with Crippen molar-refractivity contribution in [2.75, 3.05) is 11.5 Å². The Labute approximate surface area is 63.6 Å². The Balaban J connectivity index is 3.11. The summed E-state index contributed by atoms with van der Waals surface area (Å²) >= 11 is -0.807. The lowest BCUT2D eigenvalue weighted by molar-refractivity contribution is -0.137. The molecule has 0 fully saturated rings. The molecule has 0 aromatic rings. The van der Waals surface area contributed by atoms with Crippen LogP contribution in [0.15, 0.2) is 0 Å². The van der Waals surface area contributed by atoms with Crippen molar-refractivity contribution < 1.29 is 14.5 Å². The van der Waals surface area contributed by atoms with E-state index < -0.39 is 17.1 Å². The van der Waals surface area contributed by atoms with E-state index in [9.17, 15) is 9.35 Å². The van der Waals surface area contributed by atoms with E-state index in [1.807, 2.05) is 6.92 Å². The maximum Gasteiger partial charge on any atom is 0.303 e. The van der Waals surface area contributed by atoms with E-state index in [-0.39, 0.29) is 6.42 Å². The van der Waals surface area contributed by atoms with Crippen LogP contribution in [-0.4, -0.2) is 27.1 Å². The Hall–Kier alpha value is -0.220. The molecule has 0 aliphatic rings. The minimum atomic E-state index is -0.812. The zero-order valence-corrected chi connectivity index (χ0v) is 6.82. The number of carboxylic acid groups (broad SMARTS) is 1. The lowest BCUT2D eigenvalue weighted by atomic mass is 10.3. The normalized spacial score (nSPS) is 13.0. The maximum absolute atomic E-state index is 10.7. The van der Waals surface area contributed by atoms with E-state index in [2.05, 4.69) is 0 Å². The van der Waals surface area contributed by atoms with Crippen LogP contribution in [0.2, 0.25) is 0 Å². The van der Waals surface area contributed by atoms with Gasteiger partial charge in [0.2, 0.25) is 0 Å². The van der Waals surface area contributed by atoms with Crippen molar-refractivity contribution in [3.8, 4) is 0 Å². The van der Waals surface area contributed by atoms with Crippen molar-refractivity contribution >= 4 is 17.1 Å². The van der Waals surface area contributed by atoms with Gasteiger partial charge in [0.15, 0.2) is 0 Å². The highest BCUT2D eigenvalue weighted by atomic mass is 32.2. The Bertz CT molecular complexity index is 105. The predicted octanol–water partition coefficient (Wildman–Crippen LogP) is 0.620. The van der Waals surface area contributed by atoms with Gasteiger partial charge in [0.05, 0.1) is 0 Å². The third-order valence-electron chi connectivity index (χ3n) is 1.08. The average molecular weight is 164 g/mol. The fourth-order valence-corrected chi connectivity index (χ4v) is 1.28. The molecular formula is C6H12O3S. The van der Waals surface area contributed by atoms with Crippen LogP contribution in [0.5, 0.6) is 0 Å². The summed E-state index contributed by atoms with van der Waals surface area (Å²) < 4.78 is 10.7. The molecule has 0 radical (unpaired) electrons. The molecule has 0 rings (SSSR count). The predicted molar refractivity (Wildman–Crippen MR) is 40.4 cm³/mol. The molecule has 0 bridgehead atoms. The molecule has 0 aromatic heterocycles. The van der Waals surface area contributed by atoms with Crippen molar-refractivity contribution in [2.24, 2.45) is 0 Å². The Morgan fingerprint density at radius 3 is 2.70 bits per heavy atom. The third-order valence-corrected chi connectivity index (χ3v) is 2.47.